The van der Waals surface area contributed by atoms with Crippen LogP contribution in [0.15, 0.2) is 30.3 Å². The fourth-order valence-electron chi connectivity index (χ4n) is 1.24. The van der Waals surface area contributed by atoms with E-state index in [1.165, 1.54) is 0 Å². The van der Waals surface area contributed by atoms with Crippen molar-refractivity contribution in [2.45, 2.75) is 6.04 Å². The normalized spacial score (nSPS) is 13.3. The summed E-state index contributed by atoms with van der Waals surface area (Å²) in [6.07, 6.45) is 0. The highest BCUT2D eigenvalue weighted by molar-refractivity contribution is 5.18. The summed E-state index contributed by atoms with van der Waals surface area (Å²) in [6.45, 7) is 0.164. The predicted molar refractivity (Wildman–Crippen MR) is 50.0 cm³/mol. The highest BCUT2D eigenvalue weighted by Crippen LogP contribution is 2.15. The maximum absolute atomic E-state index is 9.11. The van der Waals surface area contributed by atoms with Crippen LogP contribution >= 0.6 is 0 Å². The summed E-state index contributed by atoms with van der Waals surface area (Å²) in [5.41, 5.74) is 1.16. The van der Waals surface area contributed by atoms with Crippen molar-refractivity contribution in [1.29, 1.82) is 0 Å². The molecule has 1 atom stereocenters. The molecule has 1 N–H and O–H groups in total. The summed E-state index contributed by atoms with van der Waals surface area (Å²) in [6, 6.07) is 10.1. The number of hydrogen-bond acceptors (Lipinski definition) is 2. The van der Waals surface area contributed by atoms with E-state index in [1.54, 1.807) is 0 Å². The van der Waals surface area contributed by atoms with Gasteiger partial charge in [-0.1, -0.05) is 30.3 Å². The van der Waals surface area contributed by atoms with Crippen LogP contribution in [0, 0.1) is 0 Å². The Morgan fingerprint density at radius 3 is 2.25 bits per heavy atom. The van der Waals surface area contributed by atoms with Crippen LogP contribution in [0.2, 0.25) is 0 Å². The fraction of sp³-hybridized carbons (Fsp3) is 0.400. The molecule has 1 rings (SSSR count). The van der Waals surface area contributed by atoms with Gasteiger partial charge in [0, 0.05) is 0 Å². The van der Waals surface area contributed by atoms with Crippen molar-refractivity contribution < 1.29 is 5.11 Å². The third-order valence-electron chi connectivity index (χ3n) is 1.98. The molecular formula is C10H15NO. The molecule has 0 heterocycles. The molecule has 0 saturated carbocycles. The molecule has 0 aliphatic rings. The molecule has 0 aliphatic carbocycles. The molecule has 0 aromatic heterocycles. The van der Waals surface area contributed by atoms with Gasteiger partial charge in [0.05, 0.1) is 12.6 Å². The van der Waals surface area contributed by atoms with Gasteiger partial charge in [-0.25, -0.2) is 0 Å². The molecular weight excluding hydrogens is 150 g/mol. The Bertz CT molecular complexity index is 221. The first-order chi connectivity index (χ1) is 5.75. The average Bonchev–Trinajstić information content (AvgIpc) is 2.07. The maximum Gasteiger partial charge on any atom is 0.0628 e. The van der Waals surface area contributed by atoms with Crippen LogP contribution in [0.3, 0.4) is 0 Å². The summed E-state index contributed by atoms with van der Waals surface area (Å²) in [5.74, 6) is 0. The first-order valence-corrected chi connectivity index (χ1v) is 4.08. The molecule has 1 aromatic carbocycles. The molecule has 66 valence electrons. The van der Waals surface area contributed by atoms with Crippen LogP contribution in [-0.2, 0) is 0 Å². The van der Waals surface area contributed by atoms with Gasteiger partial charge in [0.1, 0.15) is 0 Å². The van der Waals surface area contributed by atoms with E-state index in [9.17, 15) is 0 Å². The van der Waals surface area contributed by atoms with Crippen LogP contribution in [0.1, 0.15) is 11.6 Å². The van der Waals surface area contributed by atoms with Crippen molar-refractivity contribution in [2.75, 3.05) is 20.7 Å². The summed E-state index contributed by atoms with van der Waals surface area (Å²) in [4.78, 5) is 2.01. The Labute approximate surface area is 73.4 Å². The van der Waals surface area contributed by atoms with Gasteiger partial charge in [0.2, 0.25) is 0 Å². The van der Waals surface area contributed by atoms with Crippen LogP contribution in [0.25, 0.3) is 0 Å². The van der Waals surface area contributed by atoms with Gasteiger partial charge in [-0.3, -0.25) is 0 Å². The van der Waals surface area contributed by atoms with E-state index >= 15 is 0 Å². The highest BCUT2D eigenvalue weighted by atomic mass is 16.3. The van der Waals surface area contributed by atoms with Gasteiger partial charge in [-0.15, -0.1) is 0 Å². The quantitative estimate of drug-likeness (QED) is 0.729. The molecule has 0 saturated heterocycles. The zero-order valence-electron chi connectivity index (χ0n) is 7.57. The predicted octanol–water partition coefficient (Wildman–Crippen LogP) is 1.28. The Morgan fingerprint density at radius 2 is 1.83 bits per heavy atom. The van der Waals surface area contributed by atoms with Crippen LogP contribution in [-0.4, -0.2) is 30.7 Å². The minimum absolute atomic E-state index is 0.117. The Balaban J connectivity index is 2.80. The zero-order chi connectivity index (χ0) is 8.97. The van der Waals surface area contributed by atoms with Crippen molar-refractivity contribution in [3.8, 4) is 0 Å². The second kappa shape index (κ2) is 4.24. The number of aliphatic hydroxyl groups is 1. The molecule has 2 heteroatoms. The SMILES string of the molecule is CN(C)C(CO)c1ccccc1. The van der Waals surface area contributed by atoms with Gasteiger partial charge in [0.25, 0.3) is 0 Å². The number of aliphatic hydroxyl groups excluding tert-OH is 1. The molecule has 0 amide bonds. The maximum atomic E-state index is 9.11. The highest BCUT2D eigenvalue weighted by Gasteiger charge is 2.10. The van der Waals surface area contributed by atoms with Gasteiger partial charge < -0.3 is 10.0 Å². The number of likely N-dealkylation sites (N-methyl/N-ethyl adjacent to an activating group) is 1. The summed E-state index contributed by atoms with van der Waals surface area (Å²) in [5, 5.41) is 9.11. The van der Waals surface area contributed by atoms with Crippen LogP contribution in [0.4, 0.5) is 0 Å². The average molecular weight is 165 g/mol. The minimum Gasteiger partial charge on any atom is -0.394 e. The van der Waals surface area contributed by atoms with Crippen LogP contribution < -0.4 is 0 Å². The fourth-order valence-corrected chi connectivity index (χ4v) is 1.24. The Kier molecular flexibility index (Phi) is 3.26. The third-order valence-corrected chi connectivity index (χ3v) is 1.98. The molecule has 0 radical (unpaired) electrons. The second-order valence-corrected chi connectivity index (χ2v) is 3.07. The van der Waals surface area contributed by atoms with Crippen molar-refractivity contribution in [2.24, 2.45) is 0 Å². The standard InChI is InChI=1S/C10H15NO/c1-11(2)10(8-12)9-6-4-3-5-7-9/h3-7,10,12H,8H2,1-2H3. The molecule has 0 bridgehead atoms. The van der Waals surface area contributed by atoms with Crippen molar-refractivity contribution in [3.05, 3.63) is 35.9 Å². The summed E-state index contributed by atoms with van der Waals surface area (Å²) >= 11 is 0. The van der Waals surface area contributed by atoms with Crippen LogP contribution in [0.5, 0.6) is 0 Å². The lowest BCUT2D eigenvalue weighted by Gasteiger charge is -2.22. The molecule has 1 unspecified atom stereocenters. The molecule has 12 heavy (non-hydrogen) atoms. The molecule has 2 nitrogen and oxygen atoms in total. The number of benzene rings is 1. The molecule has 0 spiro atoms. The van der Waals surface area contributed by atoms with Gasteiger partial charge in [-0.2, -0.15) is 0 Å². The second-order valence-electron chi connectivity index (χ2n) is 3.07. The largest absolute Gasteiger partial charge is 0.394 e. The Morgan fingerprint density at radius 1 is 1.25 bits per heavy atom. The van der Waals surface area contributed by atoms with E-state index in [-0.39, 0.29) is 12.6 Å². The summed E-state index contributed by atoms with van der Waals surface area (Å²) < 4.78 is 0. The number of hydrogen-bond donors (Lipinski definition) is 1. The number of rotatable bonds is 3. The van der Waals surface area contributed by atoms with Gasteiger partial charge in [0.15, 0.2) is 0 Å². The first kappa shape index (κ1) is 9.23. The number of nitrogens with zero attached hydrogens (tertiary/aromatic N) is 1. The van der Waals surface area contributed by atoms with Crippen molar-refractivity contribution >= 4 is 0 Å². The monoisotopic (exact) mass is 165 g/mol. The lowest BCUT2D eigenvalue weighted by atomic mass is 10.1. The minimum atomic E-state index is 0.117. The topological polar surface area (TPSA) is 23.5 Å². The van der Waals surface area contributed by atoms with Crippen molar-refractivity contribution in [1.82, 2.24) is 4.90 Å². The van der Waals surface area contributed by atoms with Gasteiger partial charge in [-0.05, 0) is 19.7 Å². The third kappa shape index (κ3) is 2.06. The van der Waals surface area contributed by atoms with E-state index < -0.39 is 0 Å². The van der Waals surface area contributed by atoms with E-state index in [4.69, 9.17) is 5.11 Å². The van der Waals surface area contributed by atoms with Gasteiger partial charge >= 0.3 is 0 Å². The van der Waals surface area contributed by atoms with E-state index in [2.05, 4.69) is 0 Å². The first-order valence-electron chi connectivity index (χ1n) is 4.08. The van der Waals surface area contributed by atoms with E-state index in [1.807, 2.05) is 49.3 Å². The molecule has 0 aliphatic heterocycles. The van der Waals surface area contributed by atoms with Crippen molar-refractivity contribution in [3.63, 3.8) is 0 Å². The summed E-state index contributed by atoms with van der Waals surface area (Å²) in [7, 11) is 3.93. The molecule has 1 aromatic rings. The molecule has 0 fully saturated rings. The zero-order valence-corrected chi connectivity index (χ0v) is 7.57. The Hall–Kier alpha value is -0.860. The van der Waals surface area contributed by atoms with E-state index in [0.29, 0.717) is 0 Å². The van der Waals surface area contributed by atoms with E-state index in [0.717, 1.165) is 5.56 Å². The smallest absolute Gasteiger partial charge is 0.0628 e. The lowest BCUT2D eigenvalue weighted by molar-refractivity contribution is 0.171. The lowest BCUT2D eigenvalue weighted by Crippen LogP contribution is -2.22.